The highest BCUT2D eigenvalue weighted by molar-refractivity contribution is 5.95. The van der Waals surface area contributed by atoms with Crippen LogP contribution >= 0.6 is 0 Å². The zero-order valence-corrected chi connectivity index (χ0v) is 20.8. The van der Waals surface area contributed by atoms with E-state index in [1.807, 2.05) is 37.3 Å². The third-order valence-electron chi connectivity index (χ3n) is 6.00. The van der Waals surface area contributed by atoms with Crippen molar-refractivity contribution in [3.8, 4) is 11.8 Å². The SMILES string of the molecule is COc1cc(C(=O)N(C)[C@H](CCNC(=O)c2cccc(OC)n2)[C@H](C)c2ccccc2)cc(C)n1. The number of pyridine rings is 2. The second kappa shape index (κ2) is 12.0. The molecule has 8 heteroatoms. The summed E-state index contributed by atoms with van der Waals surface area (Å²) in [5.74, 6) is 0.372. The van der Waals surface area contributed by atoms with Gasteiger partial charge in [-0.3, -0.25) is 9.59 Å². The van der Waals surface area contributed by atoms with Gasteiger partial charge in [-0.25, -0.2) is 9.97 Å². The molecule has 2 heterocycles. The lowest BCUT2D eigenvalue weighted by atomic mass is 9.90. The van der Waals surface area contributed by atoms with Crippen molar-refractivity contribution in [2.45, 2.75) is 32.2 Å². The zero-order chi connectivity index (χ0) is 25.4. The molecular weight excluding hydrogens is 444 g/mol. The van der Waals surface area contributed by atoms with E-state index in [1.165, 1.54) is 14.2 Å². The molecule has 0 saturated heterocycles. The first-order valence-corrected chi connectivity index (χ1v) is 11.5. The number of methoxy groups -OCH3 is 2. The van der Waals surface area contributed by atoms with Crippen LogP contribution in [0.2, 0.25) is 0 Å². The van der Waals surface area contributed by atoms with Crippen molar-refractivity contribution in [3.63, 3.8) is 0 Å². The molecule has 8 nitrogen and oxygen atoms in total. The maximum absolute atomic E-state index is 13.5. The van der Waals surface area contributed by atoms with Gasteiger partial charge in [0.05, 0.1) is 14.2 Å². The summed E-state index contributed by atoms with van der Waals surface area (Å²) < 4.78 is 10.4. The van der Waals surface area contributed by atoms with Crippen molar-refractivity contribution in [1.29, 1.82) is 0 Å². The quantitative estimate of drug-likeness (QED) is 0.478. The number of likely N-dealkylation sites (N-methyl/N-ethyl adjacent to an activating group) is 1. The minimum Gasteiger partial charge on any atom is -0.481 e. The maximum atomic E-state index is 13.5. The van der Waals surface area contributed by atoms with Crippen LogP contribution in [-0.2, 0) is 0 Å². The number of aromatic nitrogens is 2. The number of nitrogens with zero attached hydrogens (tertiary/aromatic N) is 3. The molecule has 184 valence electrons. The second-order valence-electron chi connectivity index (χ2n) is 8.33. The fraction of sp³-hybridized carbons (Fsp3) is 0.333. The van der Waals surface area contributed by atoms with Gasteiger partial charge >= 0.3 is 0 Å². The molecule has 3 rings (SSSR count). The maximum Gasteiger partial charge on any atom is 0.270 e. The second-order valence-corrected chi connectivity index (χ2v) is 8.33. The van der Waals surface area contributed by atoms with E-state index in [0.717, 1.165) is 5.56 Å². The van der Waals surface area contributed by atoms with Crippen LogP contribution in [0.4, 0.5) is 0 Å². The Hall–Kier alpha value is -3.94. The molecule has 1 N–H and O–H groups in total. The van der Waals surface area contributed by atoms with Crippen molar-refractivity contribution < 1.29 is 19.1 Å². The predicted molar refractivity (Wildman–Crippen MR) is 134 cm³/mol. The number of carbonyl (C=O) groups is 2. The summed E-state index contributed by atoms with van der Waals surface area (Å²) in [6.07, 6.45) is 0.551. The smallest absolute Gasteiger partial charge is 0.270 e. The molecule has 35 heavy (non-hydrogen) atoms. The van der Waals surface area contributed by atoms with E-state index < -0.39 is 0 Å². The highest BCUT2D eigenvalue weighted by Gasteiger charge is 2.28. The van der Waals surface area contributed by atoms with Gasteiger partial charge in [0.2, 0.25) is 11.8 Å². The van der Waals surface area contributed by atoms with Crippen LogP contribution in [0.5, 0.6) is 11.8 Å². The Morgan fingerprint density at radius 1 is 0.971 bits per heavy atom. The van der Waals surface area contributed by atoms with Crippen LogP contribution < -0.4 is 14.8 Å². The molecule has 0 unspecified atom stereocenters. The Morgan fingerprint density at radius 2 is 1.69 bits per heavy atom. The lowest BCUT2D eigenvalue weighted by Gasteiger charge is -2.33. The fourth-order valence-electron chi connectivity index (χ4n) is 4.06. The Bertz CT molecular complexity index is 1150. The van der Waals surface area contributed by atoms with E-state index in [0.29, 0.717) is 36.0 Å². The van der Waals surface area contributed by atoms with E-state index in [1.54, 1.807) is 42.3 Å². The molecule has 0 spiro atoms. The highest BCUT2D eigenvalue weighted by Crippen LogP contribution is 2.26. The summed E-state index contributed by atoms with van der Waals surface area (Å²) in [6, 6.07) is 18.3. The Kier molecular flexibility index (Phi) is 8.78. The molecule has 0 aliphatic heterocycles. The van der Waals surface area contributed by atoms with Gasteiger partial charge in [0.15, 0.2) is 0 Å². The molecule has 3 aromatic rings. The first-order chi connectivity index (χ1) is 16.8. The summed E-state index contributed by atoms with van der Waals surface area (Å²) in [4.78, 5) is 36.3. The third-order valence-corrected chi connectivity index (χ3v) is 6.00. The van der Waals surface area contributed by atoms with Gasteiger partial charge in [0.1, 0.15) is 5.69 Å². The number of nitrogens with one attached hydrogen (secondary N) is 1. The Balaban J connectivity index is 1.79. The summed E-state index contributed by atoms with van der Waals surface area (Å²) in [5, 5.41) is 2.92. The van der Waals surface area contributed by atoms with Gasteiger partial charge in [-0.2, -0.15) is 0 Å². The average Bonchev–Trinajstić information content (AvgIpc) is 2.89. The molecule has 0 saturated carbocycles. The van der Waals surface area contributed by atoms with Crippen LogP contribution in [0.15, 0.2) is 60.7 Å². The molecule has 1 aromatic carbocycles. The summed E-state index contributed by atoms with van der Waals surface area (Å²) in [7, 11) is 4.83. The topological polar surface area (TPSA) is 93.7 Å². The minimum atomic E-state index is -0.293. The standard InChI is InChI=1S/C27H32N4O4/c1-18-16-21(17-25(29-18)35-5)27(33)31(3)23(19(2)20-10-7-6-8-11-20)14-15-28-26(32)22-12-9-13-24(30-22)34-4/h6-13,16-17,19,23H,14-15H2,1-5H3,(H,28,32)/t19-,23-/m1/s1. The van der Waals surface area contributed by atoms with Crippen LogP contribution in [0, 0.1) is 6.92 Å². The highest BCUT2D eigenvalue weighted by atomic mass is 16.5. The van der Waals surface area contributed by atoms with E-state index in [2.05, 4.69) is 22.2 Å². The molecule has 0 fully saturated rings. The lowest BCUT2D eigenvalue weighted by molar-refractivity contribution is 0.0701. The molecule has 0 aliphatic rings. The summed E-state index contributed by atoms with van der Waals surface area (Å²) >= 11 is 0. The van der Waals surface area contributed by atoms with Gasteiger partial charge in [-0.05, 0) is 31.0 Å². The Labute approximate surface area is 206 Å². The minimum absolute atomic E-state index is 0.0295. The van der Waals surface area contributed by atoms with Crippen molar-refractivity contribution in [1.82, 2.24) is 20.2 Å². The largest absolute Gasteiger partial charge is 0.481 e. The number of rotatable bonds is 10. The van der Waals surface area contributed by atoms with Gasteiger partial charge in [0, 0.05) is 48.9 Å². The van der Waals surface area contributed by atoms with Crippen molar-refractivity contribution in [2.75, 3.05) is 27.8 Å². The first kappa shape index (κ1) is 25.7. The monoisotopic (exact) mass is 476 g/mol. The number of carbonyl (C=O) groups excluding carboxylic acids is 2. The number of aryl methyl sites for hydroxylation is 1. The lowest BCUT2D eigenvalue weighted by Crippen LogP contribution is -2.42. The first-order valence-electron chi connectivity index (χ1n) is 11.5. The molecule has 2 aromatic heterocycles. The van der Waals surface area contributed by atoms with Gasteiger partial charge in [0.25, 0.3) is 11.8 Å². The molecule has 0 radical (unpaired) electrons. The molecule has 2 atom stereocenters. The summed E-state index contributed by atoms with van der Waals surface area (Å²) in [6.45, 7) is 4.29. The van der Waals surface area contributed by atoms with Crippen LogP contribution in [-0.4, -0.2) is 60.5 Å². The molecule has 0 aliphatic carbocycles. The van der Waals surface area contributed by atoms with Crippen molar-refractivity contribution in [2.24, 2.45) is 0 Å². The number of hydrogen-bond donors (Lipinski definition) is 1. The average molecular weight is 477 g/mol. The number of ether oxygens (including phenoxy) is 2. The summed E-state index contributed by atoms with van der Waals surface area (Å²) in [5.41, 5.74) is 2.60. The third kappa shape index (κ3) is 6.56. The predicted octanol–water partition coefficient (Wildman–Crippen LogP) is 3.87. The molecular formula is C27H32N4O4. The molecule has 2 amide bonds. The number of amides is 2. The van der Waals surface area contributed by atoms with Gasteiger partial charge in [-0.1, -0.05) is 43.3 Å². The normalized spacial score (nSPS) is 12.4. The Morgan fingerprint density at radius 3 is 2.37 bits per heavy atom. The number of hydrogen-bond acceptors (Lipinski definition) is 6. The van der Waals surface area contributed by atoms with E-state index in [-0.39, 0.29) is 29.5 Å². The van der Waals surface area contributed by atoms with Crippen LogP contribution in [0.25, 0.3) is 0 Å². The van der Waals surface area contributed by atoms with E-state index in [9.17, 15) is 9.59 Å². The van der Waals surface area contributed by atoms with Crippen molar-refractivity contribution in [3.05, 3.63) is 83.2 Å². The van der Waals surface area contributed by atoms with Crippen molar-refractivity contribution >= 4 is 11.8 Å². The van der Waals surface area contributed by atoms with E-state index >= 15 is 0 Å². The molecule has 0 bridgehead atoms. The zero-order valence-electron chi connectivity index (χ0n) is 20.8. The van der Waals surface area contributed by atoms with Crippen LogP contribution in [0.1, 0.15) is 51.4 Å². The van der Waals surface area contributed by atoms with Gasteiger partial charge < -0.3 is 19.7 Å². The van der Waals surface area contributed by atoms with E-state index in [4.69, 9.17) is 9.47 Å². The van der Waals surface area contributed by atoms with Gasteiger partial charge in [-0.15, -0.1) is 0 Å². The fourth-order valence-corrected chi connectivity index (χ4v) is 4.06. The van der Waals surface area contributed by atoms with Crippen LogP contribution in [0.3, 0.4) is 0 Å². The number of benzene rings is 1.